The topological polar surface area (TPSA) is 119 Å². The molecule has 0 heterocycles. The van der Waals surface area contributed by atoms with E-state index in [4.69, 9.17) is 7.85 Å². The van der Waals surface area contributed by atoms with E-state index in [0.29, 0.717) is 6.42 Å². The Kier molecular flexibility index (Phi) is 5.15. The normalized spacial score (nSPS) is 37.2. The standard InChI is InChI=1S/C14H12BN5/c1-2-13(15)14-11(6-19)9(4-17)8(3-16)10(5-18)12(14)7-20/h8-14H,2H2,1H3/t8?,9?,10?,11?,12?,13-,14?/m0/s1. The quantitative estimate of drug-likeness (QED) is 0.700. The third-order valence-corrected chi connectivity index (χ3v) is 4.09. The highest BCUT2D eigenvalue weighted by Crippen LogP contribution is 2.49. The van der Waals surface area contributed by atoms with Gasteiger partial charge in [-0.3, -0.25) is 0 Å². The van der Waals surface area contributed by atoms with Crippen LogP contribution in [0.3, 0.4) is 0 Å². The summed E-state index contributed by atoms with van der Waals surface area (Å²) in [5, 5.41) is 46.4. The maximum Gasteiger partial charge on any atom is 0.0805 e. The average Bonchev–Trinajstić information content (AvgIpc) is 2.50. The molecule has 2 radical (unpaired) electrons. The van der Waals surface area contributed by atoms with Crippen molar-refractivity contribution < 1.29 is 0 Å². The van der Waals surface area contributed by atoms with E-state index in [0.717, 1.165) is 0 Å². The molecule has 20 heavy (non-hydrogen) atoms. The number of nitrogens with zero attached hydrogens (tertiary/aromatic N) is 5. The van der Waals surface area contributed by atoms with Gasteiger partial charge >= 0.3 is 0 Å². The summed E-state index contributed by atoms with van der Waals surface area (Å²) < 4.78 is 0. The van der Waals surface area contributed by atoms with Gasteiger partial charge in [0.05, 0.1) is 67.8 Å². The van der Waals surface area contributed by atoms with Gasteiger partial charge in [-0.05, 0) is 5.92 Å². The predicted molar refractivity (Wildman–Crippen MR) is 68.8 cm³/mol. The summed E-state index contributed by atoms with van der Waals surface area (Å²) in [6.45, 7) is 1.83. The molecule has 5 nitrogen and oxygen atoms in total. The zero-order valence-electron chi connectivity index (χ0n) is 11.1. The van der Waals surface area contributed by atoms with Crippen LogP contribution in [0.2, 0.25) is 5.82 Å². The van der Waals surface area contributed by atoms with Crippen molar-refractivity contribution in [3.05, 3.63) is 0 Å². The SMILES string of the molecule is [B][C@@H](CC)C1C(C#N)C(C#N)C(C#N)C(C#N)C1C#N. The van der Waals surface area contributed by atoms with Crippen LogP contribution in [0.4, 0.5) is 0 Å². The van der Waals surface area contributed by atoms with E-state index in [9.17, 15) is 26.3 Å². The molecule has 1 rings (SSSR count). The van der Waals surface area contributed by atoms with E-state index in [2.05, 4.69) is 0 Å². The molecule has 96 valence electrons. The molecule has 1 aliphatic rings. The lowest BCUT2D eigenvalue weighted by Crippen LogP contribution is -2.45. The number of hydrogen-bond acceptors (Lipinski definition) is 5. The Hall–Kier alpha value is -2.49. The summed E-state index contributed by atoms with van der Waals surface area (Å²) in [5.74, 6) is -5.31. The van der Waals surface area contributed by atoms with Gasteiger partial charge in [-0.2, -0.15) is 26.3 Å². The summed E-state index contributed by atoms with van der Waals surface area (Å²) in [6.07, 6.45) is 0.536. The third-order valence-electron chi connectivity index (χ3n) is 4.09. The Morgan fingerprint density at radius 2 is 1.05 bits per heavy atom. The largest absolute Gasteiger partial charge is 0.198 e. The van der Waals surface area contributed by atoms with Crippen LogP contribution in [0.25, 0.3) is 0 Å². The lowest BCUT2D eigenvalue weighted by atomic mass is 9.52. The molecule has 0 saturated heterocycles. The number of hydrogen-bond donors (Lipinski definition) is 0. The van der Waals surface area contributed by atoms with Gasteiger partial charge < -0.3 is 0 Å². The molecule has 1 fully saturated rings. The van der Waals surface area contributed by atoms with Crippen molar-refractivity contribution in [2.75, 3.05) is 0 Å². The Morgan fingerprint density at radius 1 is 0.750 bits per heavy atom. The van der Waals surface area contributed by atoms with Crippen molar-refractivity contribution in [2.45, 2.75) is 19.2 Å². The van der Waals surface area contributed by atoms with E-state index in [1.807, 2.05) is 37.3 Å². The van der Waals surface area contributed by atoms with Crippen LogP contribution >= 0.6 is 0 Å². The molecule has 1 aliphatic carbocycles. The van der Waals surface area contributed by atoms with Gasteiger partial charge in [0.15, 0.2) is 0 Å². The first kappa shape index (κ1) is 15.6. The molecule has 0 N–H and O–H groups in total. The molecule has 0 spiro atoms. The lowest BCUT2D eigenvalue weighted by molar-refractivity contribution is 0.108. The maximum atomic E-state index is 9.33. The number of nitriles is 5. The van der Waals surface area contributed by atoms with E-state index < -0.39 is 41.3 Å². The molecular formula is C14H12BN5. The van der Waals surface area contributed by atoms with Crippen molar-refractivity contribution in [1.29, 1.82) is 26.3 Å². The maximum absolute atomic E-state index is 9.33. The second-order valence-corrected chi connectivity index (χ2v) is 4.92. The summed E-state index contributed by atoms with van der Waals surface area (Å²) in [4.78, 5) is 0. The highest BCUT2D eigenvalue weighted by Gasteiger charge is 2.53. The summed E-state index contributed by atoms with van der Waals surface area (Å²) in [7, 11) is 6.00. The second kappa shape index (κ2) is 6.61. The first-order valence-electron chi connectivity index (χ1n) is 6.34. The fraction of sp³-hybridized carbons (Fsp3) is 0.643. The Bertz CT molecular complexity index is 527. The third kappa shape index (κ3) is 2.32. The molecule has 0 aromatic rings. The molecule has 0 bridgehead atoms. The van der Waals surface area contributed by atoms with Gasteiger partial charge in [0.2, 0.25) is 0 Å². The van der Waals surface area contributed by atoms with Crippen molar-refractivity contribution in [2.24, 2.45) is 35.5 Å². The van der Waals surface area contributed by atoms with Crippen molar-refractivity contribution in [3.63, 3.8) is 0 Å². The first-order valence-corrected chi connectivity index (χ1v) is 6.34. The average molecular weight is 261 g/mol. The van der Waals surface area contributed by atoms with Gasteiger partial charge in [-0.15, -0.1) is 0 Å². The Balaban J connectivity index is 3.41. The van der Waals surface area contributed by atoms with E-state index in [1.54, 1.807) is 0 Å². The van der Waals surface area contributed by atoms with Crippen LogP contribution in [0.5, 0.6) is 0 Å². The molecule has 0 aliphatic heterocycles. The van der Waals surface area contributed by atoms with Crippen LogP contribution in [-0.2, 0) is 0 Å². The fourth-order valence-corrected chi connectivity index (χ4v) is 2.99. The molecule has 4 unspecified atom stereocenters. The van der Waals surface area contributed by atoms with Crippen LogP contribution in [-0.4, -0.2) is 7.85 Å². The highest BCUT2D eigenvalue weighted by molar-refractivity contribution is 6.11. The predicted octanol–water partition coefficient (Wildman–Crippen LogP) is 1.68. The highest BCUT2D eigenvalue weighted by atomic mass is 14.6. The molecule has 6 heteroatoms. The van der Waals surface area contributed by atoms with Crippen molar-refractivity contribution in [3.8, 4) is 30.3 Å². The van der Waals surface area contributed by atoms with Crippen molar-refractivity contribution in [1.82, 2.24) is 0 Å². The van der Waals surface area contributed by atoms with Gasteiger partial charge in [-0.1, -0.05) is 19.2 Å². The zero-order valence-corrected chi connectivity index (χ0v) is 11.1. The van der Waals surface area contributed by atoms with Crippen LogP contribution in [0.1, 0.15) is 13.3 Å². The molecule has 5 atom stereocenters. The monoisotopic (exact) mass is 261 g/mol. The summed E-state index contributed by atoms with van der Waals surface area (Å²) >= 11 is 0. The van der Waals surface area contributed by atoms with E-state index in [1.165, 1.54) is 0 Å². The minimum absolute atomic E-state index is 0.448. The minimum atomic E-state index is -0.931. The Morgan fingerprint density at radius 3 is 1.30 bits per heavy atom. The van der Waals surface area contributed by atoms with Gasteiger partial charge in [0, 0.05) is 0 Å². The molecular weight excluding hydrogens is 249 g/mol. The number of rotatable bonds is 2. The second-order valence-electron chi connectivity index (χ2n) is 4.92. The molecule has 0 aromatic heterocycles. The zero-order chi connectivity index (χ0) is 15.3. The fourth-order valence-electron chi connectivity index (χ4n) is 2.99. The molecule has 1 saturated carbocycles. The van der Waals surface area contributed by atoms with Gasteiger partial charge in [0.25, 0.3) is 0 Å². The smallest absolute Gasteiger partial charge is 0.0805 e. The van der Waals surface area contributed by atoms with E-state index >= 15 is 0 Å². The summed E-state index contributed by atoms with van der Waals surface area (Å²) in [5.41, 5.74) is 0. The molecule has 0 aromatic carbocycles. The van der Waals surface area contributed by atoms with Crippen molar-refractivity contribution >= 4 is 7.85 Å². The minimum Gasteiger partial charge on any atom is -0.198 e. The van der Waals surface area contributed by atoms with Gasteiger partial charge in [0.1, 0.15) is 0 Å². The Labute approximate surface area is 120 Å². The van der Waals surface area contributed by atoms with Crippen LogP contribution in [0.15, 0.2) is 0 Å². The summed E-state index contributed by atoms with van der Waals surface area (Å²) in [6, 6.07) is 9.91. The first-order chi connectivity index (χ1) is 9.60. The lowest BCUT2D eigenvalue weighted by Gasteiger charge is -2.42. The van der Waals surface area contributed by atoms with Gasteiger partial charge in [-0.25, -0.2) is 0 Å². The molecule has 0 amide bonds. The van der Waals surface area contributed by atoms with E-state index in [-0.39, 0.29) is 0 Å². The van der Waals surface area contributed by atoms with Crippen LogP contribution < -0.4 is 0 Å². The van der Waals surface area contributed by atoms with Crippen LogP contribution in [0, 0.1) is 92.2 Å².